The van der Waals surface area contributed by atoms with Crippen molar-refractivity contribution in [3.8, 4) is 11.4 Å². The van der Waals surface area contributed by atoms with Gasteiger partial charge in [0.1, 0.15) is 10.8 Å². The molecule has 0 saturated carbocycles. The predicted octanol–water partition coefficient (Wildman–Crippen LogP) is 4.22. The zero-order valence-electron chi connectivity index (χ0n) is 14.9. The van der Waals surface area contributed by atoms with Gasteiger partial charge in [-0.05, 0) is 61.0 Å². The molecule has 1 aliphatic heterocycles. The third kappa shape index (κ3) is 4.56. The van der Waals surface area contributed by atoms with E-state index in [-0.39, 0.29) is 16.9 Å². The van der Waals surface area contributed by atoms with Crippen molar-refractivity contribution >= 4 is 11.8 Å². The van der Waals surface area contributed by atoms with Gasteiger partial charge in [0.25, 0.3) is 0 Å². The number of benzene rings is 1. The van der Waals surface area contributed by atoms with Gasteiger partial charge >= 0.3 is 6.18 Å². The van der Waals surface area contributed by atoms with Crippen LogP contribution in [0.5, 0.6) is 0 Å². The number of rotatable bonds is 5. The lowest BCUT2D eigenvalue weighted by Gasteiger charge is -2.14. The number of aromatic nitrogens is 5. The van der Waals surface area contributed by atoms with Gasteiger partial charge in [0, 0.05) is 12.2 Å². The smallest absolute Gasteiger partial charge is 0.376 e. The Balaban J connectivity index is 1.64. The van der Waals surface area contributed by atoms with Crippen molar-refractivity contribution in [2.45, 2.75) is 41.8 Å². The highest BCUT2D eigenvalue weighted by Crippen LogP contribution is 2.32. The monoisotopic (exact) mass is 425 g/mol. The molecule has 3 heterocycles. The minimum absolute atomic E-state index is 0.0248. The molecule has 0 N–H and O–H groups in total. The Kier molecular flexibility index (Phi) is 5.50. The average Bonchev–Trinajstić information content (AvgIpc) is 3.33. The van der Waals surface area contributed by atoms with Crippen LogP contribution < -0.4 is 0 Å². The zero-order valence-corrected chi connectivity index (χ0v) is 15.8. The van der Waals surface area contributed by atoms with Crippen molar-refractivity contribution in [3.63, 3.8) is 0 Å². The van der Waals surface area contributed by atoms with Crippen LogP contribution in [0.4, 0.5) is 17.6 Å². The van der Waals surface area contributed by atoms with Gasteiger partial charge < -0.3 is 4.74 Å². The molecule has 1 fully saturated rings. The second-order valence-corrected chi connectivity index (χ2v) is 7.40. The van der Waals surface area contributed by atoms with Gasteiger partial charge in [-0.3, -0.25) is 4.57 Å². The molecular weight excluding hydrogens is 410 g/mol. The van der Waals surface area contributed by atoms with E-state index in [4.69, 9.17) is 4.74 Å². The standard InChI is InChI=1S/C18H15F4N5OS/c19-12-5-3-11(4-6-12)16-25-26-17(27(16)10-13-2-1-9-28-13)29-15-8-7-14(23-24-15)18(20,21)22/h3-8,13H,1-2,9-10H2. The number of nitrogens with zero attached hydrogens (tertiary/aromatic N) is 5. The van der Waals surface area contributed by atoms with Gasteiger partial charge in [-0.1, -0.05) is 0 Å². The first kappa shape index (κ1) is 19.8. The van der Waals surface area contributed by atoms with Crippen molar-refractivity contribution < 1.29 is 22.3 Å². The maximum absolute atomic E-state index is 13.3. The molecule has 0 aliphatic carbocycles. The first-order valence-corrected chi connectivity index (χ1v) is 9.61. The van der Waals surface area contributed by atoms with Crippen LogP contribution in [-0.2, 0) is 17.5 Å². The molecule has 11 heteroatoms. The molecular formula is C18H15F4N5OS. The predicted molar refractivity (Wildman–Crippen MR) is 95.5 cm³/mol. The molecule has 1 saturated heterocycles. The second kappa shape index (κ2) is 8.07. The van der Waals surface area contributed by atoms with Crippen LogP contribution >= 0.6 is 11.8 Å². The lowest BCUT2D eigenvalue weighted by Crippen LogP contribution is -2.16. The second-order valence-electron chi connectivity index (χ2n) is 6.42. The van der Waals surface area contributed by atoms with Crippen LogP contribution in [-0.4, -0.2) is 37.7 Å². The Bertz CT molecular complexity index is 969. The van der Waals surface area contributed by atoms with Crippen molar-refractivity contribution in [2.75, 3.05) is 6.61 Å². The highest BCUT2D eigenvalue weighted by molar-refractivity contribution is 7.99. The third-order valence-corrected chi connectivity index (χ3v) is 5.27. The molecule has 6 nitrogen and oxygen atoms in total. The van der Waals surface area contributed by atoms with E-state index in [1.807, 2.05) is 4.57 Å². The summed E-state index contributed by atoms with van der Waals surface area (Å²) in [5.41, 5.74) is -0.392. The van der Waals surface area contributed by atoms with Crippen LogP contribution in [0.2, 0.25) is 0 Å². The fourth-order valence-electron chi connectivity index (χ4n) is 2.95. The van der Waals surface area contributed by atoms with Crippen molar-refractivity contribution in [1.82, 2.24) is 25.0 Å². The van der Waals surface area contributed by atoms with Crippen LogP contribution in [0.15, 0.2) is 46.6 Å². The molecule has 3 aromatic rings. The first-order valence-electron chi connectivity index (χ1n) is 8.79. The number of ether oxygens (including phenoxy) is 1. The number of hydrogen-bond acceptors (Lipinski definition) is 6. The van der Waals surface area contributed by atoms with Crippen LogP contribution in [0.3, 0.4) is 0 Å². The Morgan fingerprint density at radius 3 is 2.45 bits per heavy atom. The van der Waals surface area contributed by atoms with E-state index < -0.39 is 11.9 Å². The maximum atomic E-state index is 13.3. The SMILES string of the molecule is Fc1ccc(-c2nnc(Sc3ccc(C(F)(F)F)nn3)n2CC2CCCO2)cc1. The highest BCUT2D eigenvalue weighted by atomic mass is 32.2. The molecule has 1 aromatic carbocycles. The Morgan fingerprint density at radius 2 is 1.83 bits per heavy atom. The summed E-state index contributed by atoms with van der Waals surface area (Å²) in [6.07, 6.45) is -2.74. The van der Waals surface area contributed by atoms with Gasteiger partial charge in [-0.2, -0.15) is 13.2 Å². The van der Waals surface area contributed by atoms with Gasteiger partial charge in [0.05, 0.1) is 12.6 Å². The van der Waals surface area contributed by atoms with E-state index in [0.29, 0.717) is 29.7 Å². The molecule has 1 unspecified atom stereocenters. The Labute approximate surface area is 167 Å². The van der Waals surface area contributed by atoms with Gasteiger partial charge in [-0.15, -0.1) is 20.4 Å². The summed E-state index contributed by atoms with van der Waals surface area (Å²) >= 11 is 1.05. The fourth-order valence-corrected chi connectivity index (χ4v) is 3.71. The van der Waals surface area contributed by atoms with Crippen LogP contribution in [0.25, 0.3) is 11.4 Å². The molecule has 1 atom stereocenters. The Hall–Kier alpha value is -2.53. The summed E-state index contributed by atoms with van der Waals surface area (Å²) in [5.74, 6) is 0.149. The van der Waals surface area contributed by atoms with Crippen molar-refractivity contribution in [1.29, 1.82) is 0 Å². The lowest BCUT2D eigenvalue weighted by molar-refractivity contribution is -0.141. The summed E-state index contributed by atoms with van der Waals surface area (Å²) in [7, 11) is 0. The lowest BCUT2D eigenvalue weighted by atomic mass is 10.2. The summed E-state index contributed by atoms with van der Waals surface area (Å²) in [6.45, 7) is 1.14. The van der Waals surface area contributed by atoms with E-state index >= 15 is 0 Å². The summed E-state index contributed by atoms with van der Waals surface area (Å²) in [5, 5.41) is 15.9. The van der Waals surface area contributed by atoms with Gasteiger partial charge in [0.15, 0.2) is 16.7 Å². The van der Waals surface area contributed by atoms with E-state index in [9.17, 15) is 17.6 Å². The molecule has 0 radical (unpaired) electrons. The summed E-state index contributed by atoms with van der Waals surface area (Å²) < 4.78 is 58.8. The van der Waals surface area contributed by atoms with E-state index in [1.54, 1.807) is 12.1 Å². The first-order chi connectivity index (χ1) is 13.9. The molecule has 0 spiro atoms. The van der Waals surface area contributed by atoms with Crippen LogP contribution in [0, 0.1) is 5.82 Å². The number of halogens is 4. The molecule has 4 rings (SSSR count). The molecule has 0 bridgehead atoms. The van der Waals surface area contributed by atoms with E-state index in [2.05, 4.69) is 20.4 Å². The normalized spacial score (nSPS) is 17.0. The molecule has 152 valence electrons. The average molecular weight is 425 g/mol. The van der Waals surface area contributed by atoms with Crippen molar-refractivity contribution in [3.05, 3.63) is 47.9 Å². The molecule has 2 aromatic heterocycles. The molecule has 0 amide bonds. The molecule has 29 heavy (non-hydrogen) atoms. The van der Waals surface area contributed by atoms with E-state index in [1.165, 1.54) is 18.2 Å². The van der Waals surface area contributed by atoms with E-state index in [0.717, 1.165) is 30.7 Å². The van der Waals surface area contributed by atoms with Gasteiger partial charge in [0.2, 0.25) is 0 Å². The Morgan fingerprint density at radius 1 is 1.03 bits per heavy atom. The summed E-state index contributed by atoms with van der Waals surface area (Å²) in [6, 6.07) is 7.96. The van der Waals surface area contributed by atoms with Crippen molar-refractivity contribution in [2.24, 2.45) is 0 Å². The zero-order chi connectivity index (χ0) is 20.4. The van der Waals surface area contributed by atoms with Gasteiger partial charge in [-0.25, -0.2) is 4.39 Å². The minimum atomic E-state index is -4.55. The highest BCUT2D eigenvalue weighted by Gasteiger charge is 2.33. The third-order valence-electron chi connectivity index (χ3n) is 4.36. The molecule has 1 aliphatic rings. The maximum Gasteiger partial charge on any atom is 0.435 e. The number of alkyl halides is 3. The summed E-state index contributed by atoms with van der Waals surface area (Å²) in [4.78, 5) is 0. The quantitative estimate of drug-likeness (QED) is 0.571. The largest absolute Gasteiger partial charge is 0.435 e. The van der Waals surface area contributed by atoms with Crippen LogP contribution in [0.1, 0.15) is 18.5 Å². The minimum Gasteiger partial charge on any atom is -0.376 e. The number of hydrogen-bond donors (Lipinski definition) is 0. The fraction of sp³-hybridized carbons (Fsp3) is 0.333. The topological polar surface area (TPSA) is 65.7 Å².